The minimum atomic E-state index is -0.117. The van der Waals surface area contributed by atoms with Crippen molar-refractivity contribution in [3.05, 3.63) is 52.3 Å². The number of rotatable bonds is 2. The van der Waals surface area contributed by atoms with Crippen molar-refractivity contribution in [1.29, 1.82) is 0 Å². The summed E-state index contributed by atoms with van der Waals surface area (Å²) in [5.74, 6) is -0.285. The van der Waals surface area contributed by atoms with Crippen LogP contribution in [0.4, 0.5) is 5.00 Å². The van der Waals surface area contributed by atoms with Crippen molar-refractivity contribution in [3.63, 3.8) is 0 Å². The van der Waals surface area contributed by atoms with Crippen LogP contribution in [-0.4, -0.2) is 63.6 Å². The van der Waals surface area contributed by atoms with E-state index in [0.29, 0.717) is 42.3 Å². The topological polar surface area (TPSA) is 78.2 Å². The Morgan fingerprint density at radius 1 is 1.23 bits per heavy atom. The van der Waals surface area contributed by atoms with Crippen molar-refractivity contribution in [1.82, 2.24) is 19.2 Å². The Labute approximate surface area is 177 Å². The van der Waals surface area contributed by atoms with Crippen LogP contribution >= 0.6 is 11.3 Å². The molecule has 9 heteroatoms. The van der Waals surface area contributed by atoms with Gasteiger partial charge >= 0.3 is 0 Å². The van der Waals surface area contributed by atoms with Crippen LogP contribution in [0, 0.1) is 0 Å². The summed E-state index contributed by atoms with van der Waals surface area (Å²) in [4.78, 5) is 49.0. The van der Waals surface area contributed by atoms with Crippen LogP contribution in [-0.2, 0) is 17.8 Å². The first-order valence-corrected chi connectivity index (χ1v) is 10.7. The first-order chi connectivity index (χ1) is 14.5. The van der Waals surface area contributed by atoms with Gasteiger partial charge in [-0.25, -0.2) is 4.98 Å². The van der Waals surface area contributed by atoms with Crippen LogP contribution in [0.25, 0.3) is 5.65 Å². The summed E-state index contributed by atoms with van der Waals surface area (Å²) in [6.07, 6.45) is 4.03. The van der Waals surface area contributed by atoms with E-state index >= 15 is 0 Å². The van der Waals surface area contributed by atoms with Crippen LogP contribution in [0.5, 0.6) is 0 Å². The summed E-state index contributed by atoms with van der Waals surface area (Å²) in [6, 6.07) is 5.62. The second-order valence-corrected chi connectivity index (χ2v) is 8.62. The molecular formula is C21H21N5O3S. The second-order valence-electron chi connectivity index (χ2n) is 7.53. The normalized spacial score (nSPS) is 16.7. The van der Waals surface area contributed by atoms with E-state index in [1.54, 1.807) is 27.4 Å². The van der Waals surface area contributed by atoms with Gasteiger partial charge in [0.1, 0.15) is 22.9 Å². The number of likely N-dealkylation sites (N-methyl/N-ethyl adjacent to an activating group) is 2. The third-order valence-electron chi connectivity index (χ3n) is 5.76. The molecule has 0 radical (unpaired) electrons. The van der Waals surface area contributed by atoms with Crippen LogP contribution in [0.2, 0.25) is 0 Å². The van der Waals surface area contributed by atoms with Crippen molar-refractivity contribution < 1.29 is 14.4 Å². The molecule has 5 heterocycles. The second kappa shape index (κ2) is 6.94. The molecule has 0 spiro atoms. The maximum atomic E-state index is 13.2. The summed E-state index contributed by atoms with van der Waals surface area (Å²) >= 11 is 1.46. The number of anilines is 1. The van der Waals surface area contributed by atoms with Crippen LogP contribution < -0.4 is 4.90 Å². The molecule has 0 saturated carbocycles. The molecule has 0 atom stereocenters. The van der Waals surface area contributed by atoms with E-state index in [0.717, 1.165) is 16.1 Å². The fourth-order valence-electron chi connectivity index (χ4n) is 4.21. The molecule has 0 fully saturated rings. The molecule has 5 rings (SSSR count). The molecule has 30 heavy (non-hydrogen) atoms. The van der Waals surface area contributed by atoms with Crippen molar-refractivity contribution in [2.75, 3.05) is 31.6 Å². The predicted molar refractivity (Wildman–Crippen MR) is 113 cm³/mol. The maximum absolute atomic E-state index is 13.2. The van der Waals surface area contributed by atoms with Gasteiger partial charge in [-0.15, -0.1) is 11.3 Å². The fourth-order valence-corrected chi connectivity index (χ4v) is 5.64. The fraction of sp³-hybridized carbons (Fsp3) is 0.333. The summed E-state index contributed by atoms with van der Waals surface area (Å²) < 4.78 is 1.79. The zero-order valence-corrected chi connectivity index (χ0v) is 17.6. The molecule has 3 aromatic heterocycles. The molecule has 154 valence electrons. The number of aromatic nitrogens is 2. The van der Waals surface area contributed by atoms with Crippen molar-refractivity contribution in [3.8, 4) is 0 Å². The molecule has 0 bridgehead atoms. The predicted octanol–water partition coefficient (Wildman–Crippen LogP) is 2.03. The number of amides is 3. The van der Waals surface area contributed by atoms with Gasteiger partial charge in [0.25, 0.3) is 11.8 Å². The van der Waals surface area contributed by atoms with E-state index in [2.05, 4.69) is 4.98 Å². The number of hydrogen-bond acceptors (Lipinski definition) is 5. The number of imidazole rings is 1. The highest BCUT2D eigenvalue weighted by molar-refractivity contribution is 7.17. The molecule has 0 aliphatic carbocycles. The summed E-state index contributed by atoms with van der Waals surface area (Å²) in [5.41, 5.74) is 2.86. The number of pyridine rings is 1. The van der Waals surface area contributed by atoms with E-state index in [1.807, 2.05) is 31.3 Å². The van der Waals surface area contributed by atoms with Crippen molar-refractivity contribution in [2.24, 2.45) is 0 Å². The average Bonchev–Trinajstić information content (AvgIpc) is 3.32. The standard InChI is InChI=1S/C21H21N5O3S/c1-3-25-17(27)12-23(2)20(29)18-13-7-9-24(11-15(13)30-21(18)25)19(28)14-10-22-16-6-4-5-8-26(14)16/h4-6,8,10H,3,7,9,11-12H2,1-2H3. The van der Waals surface area contributed by atoms with E-state index < -0.39 is 0 Å². The first-order valence-electron chi connectivity index (χ1n) is 9.91. The van der Waals surface area contributed by atoms with Gasteiger partial charge in [-0.05, 0) is 31.0 Å². The highest BCUT2D eigenvalue weighted by Gasteiger charge is 2.37. The van der Waals surface area contributed by atoms with Gasteiger partial charge in [-0.2, -0.15) is 0 Å². The third kappa shape index (κ3) is 2.72. The third-order valence-corrected chi connectivity index (χ3v) is 7.00. The highest BCUT2D eigenvalue weighted by Crippen LogP contribution is 2.41. The zero-order valence-electron chi connectivity index (χ0n) is 16.8. The van der Waals surface area contributed by atoms with Gasteiger partial charge in [-0.1, -0.05) is 6.07 Å². The van der Waals surface area contributed by atoms with E-state index in [-0.39, 0.29) is 24.3 Å². The smallest absolute Gasteiger partial charge is 0.272 e. The number of nitrogens with zero attached hydrogens (tertiary/aromatic N) is 5. The zero-order chi connectivity index (χ0) is 21.0. The van der Waals surface area contributed by atoms with Gasteiger partial charge in [0.2, 0.25) is 5.91 Å². The largest absolute Gasteiger partial charge is 0.332 e. The number of carbonyl (C=O) groups is 3. The lowest BCUT2D eigenvalue weighted by molar-refractivity contribution is -0.118. The van der Waals surface area contributed by atoms with Crippen LogP contribution in [0.3, 0.4) is 0 Å². The quantitative estimate of drug-likeness (QED) is 0.632. The van der Waals surface area contributed by atoms with Gasteiger partial charge < -0.3 is 14.7 Å². The maximum Gasteiger partial charge on any atom is 0.272 e. The molecule has 0 unspecified atom stereocenters. The Morgan fingerprint density at radius 2 is 2.07 bits per heavy atom. The Balaban J connectivity index is 1.51. The minimum Gasteiger partial charge on any atom is -0.332 e. The lowest BCUT2D eigenvalue weighted by Gasteiger charge is -2.27. The Bertz CT molecular complexity index is 1200. The molecule has 3 amide bonds. The minimum absolute atomic E-state index is 0.0793. The molecular weight excluding hydrogens is 402 g/mol. The number of fused-ring (bicyclic) bond motifs is 4. The van der Waals surface area contributed by atoms with Gasteiger partial charge in [-0.3, -0.25) is 18.8 Å². The van der Waals surface area contributed by atoms with Crippen molar-refractivity contribution >= 4 is 39.7 Å². The van der Waals surface area contributed by atoms with Crippen molar-refractivity contribution in [2.45, 2.75) is 19.9 Å². The number of carbonyl (C=O) groups excluding carboxylic acids is 3. The van der Waals surface area contributed by atoms with Crippen LogP contribution in [0.15, 0.2) is 30.6 Å². The average molecular weight is 423 g/mol. The number of hydrogen-bond donors (Lipinski definition) is 0. The monoisotopic (exact) mass is 423 g/mol. The highest BCUT2D eigenvalue weighted by atomic mass is 32.1. The van der Waals surface area contributed by atoms with Crippen LogP contribution in [0.1, 0.15) is 38.2 Å². The Kier molecular flexibility index (Phi) is 4.35. The van der Waals surface area contributed by atoms with Gasteiger partial charge in [0, 0.05) is 31.2 Å². The summed E-state index contributed by atoms with van der Waals surface area (Å²) in [5, 5.41) is 0.714. The van der Waals surface area contributed by atoms with Gasteiger partial charge in [0.15, 0.2) is 0 Å². The first kappa shape index (κ1) is 18.8. The SMILES string of the molecule is CCN1C(=O)CN(C)C(=O)c2c1sc1c2CCN(C(=O)c2cnc3ccccn23)C1. The Morgan fingerprint density at radius 3 is 2.87 bits per heavy atom. The summed E-state index contributed by atoms with van der Waals surface area (Å²) in [6.45, 7) is 3.45. The van der Waals surface area contributed by atoms with E-state index in [9.17, 15) is 14.4 Å². The van der Waals surface area contributed by atoms with E-state index in [1.165, 1.54) is 16.2 Å². The molecule has 0 saturated heterocycles. The molecule has 2 aliphatic heterocycles. The molecule has 2 aliphatic rings. The Hall–Kier alpha value is -3.20. The van der Waals surface area contributed by atoms with Gasteiger partial charge in [0.05, 0.1) is 18.3 Å². The lowest BCUT2D eigenvalue weighted by atomic mass is 10.0. The molecule has 0 N–H and O–H groups in total. The summed E-state index contributed by atoms with van der Waals surface area (Å²) in [7, 11) is 1.66. The lowest BCUT2D eigenvalue weighted by Crippen LogP contribution is -2.38. The number of thiophene rings is 1. The molecule has 0 aromatic carbocycles. The van der Waals surface area contributed by atoms with E-state index in [4.69, 9.17) is 0 Å². The molecule has 8 nitrogen and oxygen atoms in total. The molecule has 3 aromatic rings.